The van der Waals surface area contributed by atoms with Gasteiger partial charge in [-0.2, -0.15) is 0 Å². The summed E-state index contributed by atoms with van der Waals surface area (Å²) in [7, 11) is 0. The summed E-state index contributed by atoms with van der Waals surface area (Å²) in [6.45, 7) is 1.69. The monoisotopic (exact) mass is 293 g/mol. The predicted octanol–water partition coefficient (Wildman–Crippen LogP) is 2.70. The lowest BCUT2D eigenvalue weighted by atomic mass is 10.1. The van der Waals surface area contributed by atoms with E-state index < -0.39 is 23.0 Å². The molecule has 0 aliphatic heterocycles. The quantitative estimate of drug-likeness (QED) is 0.946. The number of hydrogen-bond donors (Lipinski definition) is 1. The maximum Gasteiger partial charge on any atom is 0.352 e. The Morgan fingerprint density at radius 2 is 2.05 bits per heavy atom. The van der Waals surface area contributed by atoms with Crippen LogP contribution < -0.4 is 5.43 Å². The van der Waals surface area contributed by atoms with Crippen LogP contribution in [0.1, 0.15) is 28.9 Å². The van der Waals surface area contributed by atoms with E-state index in [0.717, 1.165) is 18.9 Å². The number of aromatic carboxylic acids is 1. The predicted molar refractivity (Wildman–Crippen MR) is 72.5 cm³/mol. The Labute approximate surface area is 118 Å². The second-order valence-electron chi connectivity index (χ2n) is 5.45. The molecule has 0 unspecified atom stereocenters. The van der Waals surface area contributed by atoms with E-state index in [2.05, 4.69) is 0 Å². The molecule has 110 valence electrons. The SMILES string of the molecule is Cc1c(C(=O)O)n(CC2CC2)c2c(F)cc(F)cc2c1=O. The smallest absolute Gasteiger partial charge is 0.352 e. The van der Waals surface area contributed by atoms with Crippen molar-refractivity contribution in [3.8, 4) is 0 Å². The maximum atomic E-state index is 14.1. The average Bonchev–Trinajstić information content (AvgIpc) is 3.18. The number of hydrogen-bond acceptors (Lipinski definition) is 2. The zero-order valence-corrected chi connectivity index (χ0v) is 11.3. The lowest BCUT2D eigenvalue weighted by molar-refractivity contribution is 0.0683. The van der Waals surface area contributed by atoms with Gasteiger partial charge in [-0.15, -0.1) is 0 Å². The fourth-order valence-corrected chi connectivity index (χ4v) is 2.65. The molecule has 0 bridgehead atoms. The number of carboxylic acids is 1. The van der Waals surface area contributed by atoms with Crippen molar-refractivity contribution in [2.24, 2.45) is 5.92 Å². The van der Waals surface area contributed by atoms with Gasteiger partial charge >= 0.3 is 5.97 Å². The van der Waals surface area contributed by atoms with Crippen LogP contribution in [0.4, 0.5) is 8.78 Å². The number of nitrogens with zero attached hydrogens (tertiary/aromatic N) is 1. The van der Waals surface area contributed by atoms with Crippen LogP contribution in [0.25, 0.3) is 10.9 Å². The van der Waals surface area contributed by atoms with Gasteiger partial charge in [0.15, 0.2) is 11.2 Å². The number of carboxylic acid groups (broad SMARTS) is 1. The number of pyridine rings is 1. The molecule has 1 aromatic carbocycles. The number of fused-ring (bicyclic) bond motifs is 1. The summed E-state index contributed by atoms with van der Waals surface area (Å²) in [5.41, 5.74) is -0.991. The van der Waals surface area contributed by atoms with Gasteiger partial charge in [0, 0.05) is 18.2 Å². The molecule has 0 saturated heterocycles. The van der Waals surface area contributed by atoms with Crippen molar-refractivity contribution in [3.63, 3.8) is 0 Å². The first-order chi connectivity index (χ1) is 9.90. The topological polar surface area (TPSA) is 59.3 Å². The van der Waals surface area contributed by atoms with Crippen LogP contribution in [-0.4, -0.2) is 15.6 Å². The molecule has 1 saturated carbocycles. The van der Waals surface area contributed by atoms with E-state index in [-0.39, 0.29) is 28.1 Å². The van der Waals surface area contributed by atoms with Crippen LogP contribution >= 0.6 is 0 Å². The largest absolute Gasteiger partial charge is 0.477 e. The third kappa shape index (κ3) is 2.20. The highest BCUT2D eigenvalue weighted by Crippen LogP contribution is 2.33. The normalized spacial score (nSPS) is 14.6. The third-order valence-electron chi connectivity index (χ3n) is 3.85. The van der Waals surface area contributed by atoms with E-state index >= 15 is 0 Å². The van der Waals surface area contributed by atoms with Crippen molar-refractivity contribution in [1.29, 1.82) is 0 Å². The summed E-state index contributed by atoms with van der Waals surface area (Å²) in [6, 6.07) is 1.63. The molecule has 0 spiro atoms. The molecule has 0 radical (unpaired) electrons. The number of rotatable bonds is 3. The van der Waals surface area contributed by atoms with Crippen molar-refractivity contribution < 1.29 is 18.7 Å². The Balaban J connectivity index is 2.47. The molecule has 1 aromatic heterocycles. The van der Waals surface area contributed by atoms with Crippen LogP contribution in [0.5, 0.6) is 0 Å². The third-order valence-corrected chi connectivity index (χ3v) is 3.85. The van der Waals surface area contributed by atoms with Crippen LogP contribution in [0.3, 0.4) is 0 Å². The van der Waals surface area contributed by atoms with Gasteiger partial charge in [-0.05, 0) is 31.7 Å². The average molecular weight is 293 g/mol. The molecule has 1 heterocycles. The summed E-state index contributed by atoms with van der Waals surface area (Å²) >= 11 is 0. The highest BCUT2D eigenvalue weighted by molar-refractivity contribution is 5.92. The summed E-state index contributed by atoms with van der Waals surface area (Å²) in [4.78, 5) is 23.7. The van der Waals surface area contributed by atoms with Gasteiger partial charge in [0.1, 0.15) is 11.5 Å². The van der Waals surface area contributed by atoms with E-state index in [9.17, 15) is 23.5 Å². The number of aromatic nitrogens is 1. The fraction of sp³-hybridized carbons (Fsp3) is 0.333. The van der Waals surface area contributed by atoms with E-state index in [0.29, 0.717) is 12.6 Å². The van der Waals surface area contributed by atoms with Gasteiger partial charge in [0.2, 0.25) is 0 Å². The van der Waals surface area contributed by atoms with Crippen molar-refractivity contribution in [3.05, 3.63) is 45.2 Å². The first-order valence-corrected chi connectivity index (χ1v) is 6.65. The fourth-order valence-electron chi connectivity index (χ4n) is 2.65. The van der Waals surface area contributed by atoms with E-state index in [4.69, 9.17) is 0 Å². The summed E-state index contributed by atoms with van der Waals surface area (Å²) < 4.78 is 28.8. The van der Waals surface area contributed by atoms with Crippen molar-refractivity contribution in [1.82, 2.24) is 4.57 Å². The zero-order chi connectivity index (χ0) is 15.3. The van der Waals surface area contributed by atoms with E-state index in [1.807, 2.05) is 0 Å². The standard InChI is InChI=1S/C15H13F2NO3/c1-7-12(15(20)21)18(6-8-2-3-8)13-10(14(7)19)4-9(16)5-11(13)17/h4-5,8H,2-3,6H2,1H3,(H,20,21). The Hall–Kier alpha value is -2.24. The van der Waals surface area contributed by atoms with Crippen LogP contribution in [0, 0.1) is 24.5 Å². The van der Waals surface area contributed by atoms with Crippen LogP contribution in [0.2, 0.25) is 0 Å². The van der Waals surface area contributed by atoms with Gasteiger partial charge < -0.3 is 9.67 Å². The highest BCUT2D eigenvalue weighted by atomic mass is 19.1. The molecule has 1 fully saturated rings. The number of benzene rings is 1. The summed E-state index contributed by atoms with van der Waals surface area (Å²) in [5.74, 6) is -2.77. The van der Waals surface area contributed by atoms with Crippen molar-refractivity contribution in [2.45, 2.75) is 26.3 Å². The van der Waals surface area contributed by atoms with E-state index in [1.165, 1.54) is 11.5 Å². The van der Waals surface area contributed by atoms with Crippen molar-refractivity contribution >= 4 is 16.9 Å². The minimum Gasteiger partial charge on any atom is -0.477 e. The van der Waals surface area contributed by atoms with Gasteiger partial charge in [-0.25, -0.2) is 13.6 Å². The Kier molecular flexibility index (Phi) is 3.04. The molecule has 2 aromatic rings. The molecular weight excluding hydrogens is 280 g/mol. The molecule has 0 amide bonds. The lowest BCUT2D eigenvalue weighted by Gasteiger charge is -2.17. The molecule has 4 nitrogen and oxygen atoms in total. The van der Waals surface area contributed by atoms with Crippen LogP contribution in [0.15, 0.2) is 16.9 Å². The minimum absolute atomic E-state index is 0.000602. The Morgan fingerprint density at radius 3 is 2.62 bits per heavy atom. The Morgan fingerprint density at radius 1 is 1.38 bits per heavy atom. The molecular formula is C15H13F2NO3. The molecule has 1 aliphatic carbocycles. The van der Waals surface area contributed by atoms with Gasteiger partial charge in [0.25, 0.3) is 0 Å². The van der Waals surface area contributed by atoms with Crippen LogP contribution in [-0.2, 0) is 6.54 Å². The molecule has 1 N–H and O–H groups in total. The van der Waals surface area contributed by atoms with Crippen molar-refractivity contribution in [2.75, 3.05) is 0 Å². The highest BCUT2D eigenvalue weighted by Gasteiger charge is 2.28. The molecule has 21 heavy (non-hydrogen) atoms. The summed E-state index contributed by atoms with van der Waals surface area (Å²) in [5, 5.41) is 9.24. The molecule has 1 aliphatic rings. The summed E-state index contributed by atoms with van der Waals surface area (Å²) in [6.07, 6.45) is 1.88. The first kappa shape index (κ1) is 13.7. The number of carbonyl (C=O) groups is 1. The number of halogens is 2. The van der Waals surface area contributed by atoms with E-state index in [1.54, 1.807) is 0 Å². The lowest BCUT2D eigenvalue weighted by Crippen LogP contribution is -2.23. The second-order valence-corrected chi connectivity index (χ2v) is 5.45. The molecule has 6 heteroatoms. The molecule has 0 atom stereocenters. The Bertz CT molecular complexity index is 822. The minimum atomic E-state index is -1.28. The first-order valence-electron chi connectivity index (χ1n) is 6.65. The van der Waals surface area contributed by atoms with Gasteiger partial charge in [-0.1, -0.05) is 0 Å². The second kappa shape index (κ2) is 4.65. The maximum absolute atomic E-state index is 14.1. The van der Waals surface area contributed by atoms with Gasteiger partial charge in [-0.3, -0.25) is 4.79 Å². The molecule has 3 rings (SSSR count). The zero-order valence-electron chi connectivity index (χ0n) is 11.3. The van der Waals surface area contributed by atoms with Gasteiger partial charge in [0.05, 0.1) is 10.9 Å².